The van der Waals surface area contributed by atoms with Gasteiger partial charge >= 0.3 is 5.63 Å². The number of rotatable bonds is 3. The van der Waals surface area contributed by atoms with Crippen molar-refractivity contribution < 1.29 is 9.21 Å². The van der Waals surface area contributed by atoms with Crippen molar-refractivity contribution >= 4 is 22.7 Å². The summed E-state index contributed by atoms with van der Waals surface area (Å²) in [7, 11) is 0. The molecule has 0 aliphatic carbocycles. The van der Waals surface area contributed by atoms with Gasteiger partial charge in [0.25, 0.3) is 11.5 Å². The quantitative estimate of drug-likeness (QED) is 0.454. The van der Waals surface area contributed by atoms with E-state index >= 15 is 0 Å². The van der Waals surface area contributed by atoms with Crippen LogP contribution in [0.2, 0.25) is 0 Å². The van der Waals surface area contributed by atoms with Gasteiger partial charge in [0.1, 0.15) is 17.0 Å². The first-order valence-electron chi connectivity index (χ1n) is 10.8. The van der Waals surface area contributed by atoms with Gasteiger partial charge in [-0.15, -0.1) is 5.10 Å². The van der Waals surface area contributed by atoms with Crippen molar-refractivity contribution in [3.05, 3.63) is 99.1 Å². The summed E-state index contributed by atoms with van der Waals surface area (Å²) in [5.74, 6) is 0.330. The maximum atomic E-state index is 13.1. The highest BCUT2D eigenvalue weighted by Gasteiger charge is 2.24. The van der Waals surface area contributed by atoms with Crippen molar-refractivity contribution in [2.45, 2.75) is 6.42 Å². The molecule has 33 heavy (non-hydrogen) atoms. The van der Waals surface area contributed by atoms with E-state index in [4.69, 9.17) is 4.42 Å². The van der Waals surface area contributed by atoms with Crippen LogP contribution in [0.3, 0.4) is 0 Å². The summed E-state index contributed by atoms with van der Waals surface area (Å²) in [5, 5.41) is 5.26. The highest BCUT2D eigenvalue weighted by molar-refractivity contribution is 5.96. The second kappa shape index (κ2) is 8.74. The predicted octanol–water partition coefficient (Wildman–Crippen LogP) is 2.69. The first kappa shape index (κ1) is 20.7. The number of amides is 1. The van der Waals surface area contributed by atoms with Gasteiger partial charge < -0.3 is 14.2 Å². The van der Waals surface area contributed by atoms with Gasteiger partial charge in [-0.05, 0) is 36.8 Å². The summed E-state index contributed by atoms with van der Waals surface area (Å²) in [6.07, 6.45) is 0.705. The summed E-state index contributed by atoms with van der Waals surface area (Å²) in [5.41, 5.74) is 0.355. The number of aromatic nitrogens is 2. The zero-order valence-corrected chi connectivity index (χ0v) is 17.9. The fourth-order valence-electron chi connectivity index (χ4n) is 4.06. The molecule has 1 aliphatic heterocycles. The molecule has 0 radical (unpaired) electrons. The van der Waals surface area contributed by atoms with Crippen LogP contribution in [-0.2, 0) is 0 Å². The third kappa shape index (κ3) is 4.15. The standard InChI is InChI=1S/C25H22N4O4/c30-23-12-11-22(26-29(23)19-8-2-1-3-9-19)27-13-6-14-28(16-15-27)24(31)20-17-18-7-4-5-10-21(18)33-25(20)32/h1-5,7-12,17H,6,13-16H2. The van der Waals surface area contributed by atoms with Crippen LogP contribution >= 0.6 is 0 Å². The fraction of sp³-hybridized carbons (Fsp3) is 0.200. The first-order valence-corrected chi connectivity index (χ1v) is 10.8. The lowest BCUT2D eigenvalue weighted by molar-refractivity contribution is 0.0763. The zero-order chi connectivity index (χ0) is 22.8. The first-order chi connectivity index (χ1) is 16.1. The summed E-state index contributed by atoms with van der Waals surface area (Å²) < 4.78 is 6.72. The minimum atomic E-state index is -0.628. The number of para-hydroxylation sites is 2. The lowest BCUT2D eigenvalue weighted by Gasteiger charge is -2.23. The van der Waals surface area contributed by atoms with Crippen LogP contribution in [0.25, 0.3) is 16.7 Å². The Morgan fingerprint density at radius 3 is 2.48 bits per heavy atom. The molecule has 2 aromatic heterocycles. The molecule has 0 bridgehead atoms. The Balaban J connectivity index is 1.36. The minimum Gasteiger partial charge on any atom is -0.422 e. The molecule has 0 atom stereocenters. The molecule has 166 valence electrons. The molecule has 2 aromatic carbocycles. The van der Waals surface area contributed by atoms with Crippen LogP contribution in [-0.4, -0.2) is 46.8 Å². The summed E-state index contributed by atoms with van der Waals surface area (Å²) in [6, 6.07) is 21.2. The molecular weight excluding hydrogens is 420 g/mol. The van der Waals surface area contributed by atoms with Gasteiger partial charge in [0, 0.05) is 37.6 Å². The average molecular weight is 442 g/mol. The molecule has 0 saturated carbocycles. The second-order valence-corrected chi connectivity index (χ2v) is 7.90. The number of hydrogen-bond donors (Lipinski definition) is 0. The Labute approximate surface area is 189 Å². The Morgan fingerprint density at radius 2 is 1.64 bits per heavy atom. The van der Waals surface area contributed by atoms with Crippen molar-refractivity contribution in [2.75, 3.05) is 31.1 Å². The third-order valence-corrected chi connectivity index (χ3v) is 5.77. The molecule has 1 fully saturated rings. The van der Waals surface area contributed by atoms with Gasteiger partial charge in [0.15, 0.2) is 0 Å². The van der Waals surface area contributed by atoms with Crippen LogP contribution < -0.4 is 16.1 Å². The van der Waals surface area contributed by atoms with Gasteiger partial charge in [-0.1, -0.05) is 36.4 Å². The van der Waals surface area contributed by atoms with Gasteiger partial charge in [-0.2, -0.15) is 4.68 Å². The molecular formula is C25H22N4O4. The lowest BCUT2D eigenvalue weighted by atomic mass is 10.1. The van der Waals surface area contributed by atoms with Gasteiger partial charge in [-0.3, -0.25) is 9.59 Å². The van der Waals surface area contributed by atoms with Crippen LogP contribution in [0.15, 0.2) is 86.8 Å². The summed E-state index contributed by atoms with van der Waals surface area (Å²) in [4.78, 5) is 41.6. The Kier molecular flexibility index (Phi) is 5.48. The Hall–Kier alpha value is -4.20. The molecule has 0 N–H and O–H groups in total. The highest BCUT2D eigenvalue weighted by Crippen LogP contribution is 2.17. The number of hydrogen-bond acceptors (Lipinski definition) is 6. The predicted molar refractivity (Wildman–Crippen MR) is 125 cm³/mol. The number of carbonyl (C=O) groups excluding carboxylic acids is 1. The van der Waals surface area contributed by atoms with Crippen molar-refractivity contribution in [1.29, 1.82) is 0 Å². The average Bonchev–Trinajstić information content (AvgIpc) is 3.10. The maximum absolute atomic E-state index is 13.1. The lowest BCUT2D eigenvalue weighted by Crippen LogP contribution is -2.37. The molecule has 8 nitrogen and oxygen atoms in total. The van der Waals surface area contributed by atoms with Gasteiger partial charge in [-0.25, -0.2) is 4.79 Å². The summed E-state index contributed by atoms with van der Waals surface area (Å²) in [6.45, 7) is 2.15. The van der Waals surface area contributed by atoms with Crippen molar-refractivity contribution in [3.8, 4) is 5.69 Å². The smallest absolute Gasteiger partial charge is 0.349 e. The fourth-order valence-corrected chi connectivity index (χ4v) is 4.06. The third-order valence-electron chi connectivity index (χ3n) is 5.77. The molecule has 3 heterocycles. The normalized spacial score (nSPS) is 14.3. The van der Waals surface area contributed by atoms with E-state index in [2.05, 4.69) is 10.00 Å². The van der Waals surface area contributed by atoms with E-state index in [1.807, 2.05) is 42.5 Å². The number of nitrogens with zero attached hydrogens (tertiary/aromatic N) is 4. The Morgan fingerprint density at radius 1 is 0.848 bits per heavy atom. The topological polar surface area (TPSA) is 88.7 Å². The van der Waals surface area contributed by atoms with Crippen LogP contribution in [0, 0.1) is 0 Å². The van der Waals surface area contributed by atoms with Gasteiger partial charge in [0.2, 0.25) is 0 Å². The second-order valence-electron chi connectivity index (χ2n) is 7.90. The monoisotopic (exact) mass is 442 g/mol. The largest absolute Gasteiger partial charge is 0.422 e. The van der Waals surface area contributed by atoms with Crippen LogP contribution in [0.5, 0.6) is 0 Å². The van der Waals surface area contributed by atoms with E-state index < -0.39 is 5.63 Å². The molecule has 8 heteroatoms. The van der Waals surface area contributed by atoms with Crippen molar-refractivity contribution in [1.82, 2.24) is 14.7 Å². The number of anilines is 1. The van der Waals surface area contributed by atoms with E-state index in [0.29, 0.717) is 55.1 Å². The summed E-state index contributed by atoms with van der Waals surface area (Å²) >= 11 is 0. The van der Waals surface area contributed by atoms with E-state index in [1.54, 1.807) is 29.2 Å². The van der Waals surface area contributed by atoms with E-state index in [9.17, 15) is 14.4 Å². The molecule has 1 amide bonds. The Bertz CT molecular complexity index is 1430. The van der Waals surface area contributed by atoms with Crippen LogP contribution in [0.1, 0.15) is 16.8 Å². The molecule has 4 aromatic rings. The number of fused-ring (bicyclic) bond motifs is 1. The highest BCUT2D eigenvalue weighted by atomic mass is 16.4. The van der Waals surface area contributed by atoms with Gasteiger partial charge in [0.05, 0.1) is 5.69 Å². The van der Waals surface area contributed by atoms with E-state index in [0.717, 1.165) is 0 Å². The number of carbonyl (C=O) groups is 1. The molecule has 0 spiro atoms. The van der Waals surface area contributed by atoms with E-state index in [-0.39, 0.29) is 17.0 Å². The van der Waals surface area contributed by atoms with Crippen LogP contribution in [0.4, 0.5) is 5.82 Å². The number of benzene rings is 2. The van der Waals surface area contributed by atoms with E-state index in [1.165, 1.54) is 10.7 Å². The molecule has 5 rings (SSSR count). The maximum Gasteiger partial charge on any atom is 0.349 e. The minimum absolute atomic E-state index is 0.0397. The molecule has 1 saturated heterocycles. The molecule has 1 aliphatic rings. The van der Waals surface area contributed by atoms with Crippen molar-refractivity contribution in [3.63, 3.8) is 0 Å². The molecule has 0 unspecified atom stereocenters. The SMILES string of the molecule is O=C(c1cc2ccccc2oc1=O)N1CCCN(c2ccc(=O)n(-c3ccccc3)n2)CC1. The van der Waals surface area contributed by atoms with Crippen molar-refractivity contribution in [2.24, 2.45) is 0 Å². The zero-order valence-electron chi connectivity index (χ0n) is 17.9.